The molecule has 0 heterocycles. The summed E-state index contributed by atoms with van der Waals surface area (Å²) in [6, 6.07) is 4.59. The van der Waals surface area contributed by atoms with Gasteiger partial charge in [-0.05, 0) is 31.2 Å². The molecule has 18 heavy (non-hydrogen) atoms. The van der Waals surface area contributed by atoms with Crippen molar-refractivity contribution in [2.75, 3.05) is 18.4 Å². The first-order valence-corrected chi connectivity index (χ1v) is 7.03. The topological polar surface area (TPSA) is 101 Å². The molecular weight excluding hydrogens is 254 g/mol. The number of nitrogens with two attached hydrogens (primary N) is 1. The van der Waals surface area contributed by atoms with E-state index < -0.39 is 10.0 Å². The zero-order valence-electron chi connectivity index (χ0n) is 10.4. The molecule has 0 spiro atoms. The molecular formula is C11H17N3O3S. The summed E-state index contributed by atoms with van der Waals surface area (Å²) in [4.78, 5) is 11.5. The van der Waals surface area contributed by atoms with Gasteiger partial charge in [0.1, 0.15) is 0 Å². The first-order valence-electron chi connectivity index (χ1n) is 5.48. The molecule has 0 aliphatic heterocycles. The molecule has 1 amide bonds. The van der Waals surface area contributed by atoms with Crippen LogP contribution in [0.15, 0.2) is 23.1 Å². The minimum atomic E-state index is -3.78. The maximum absolute atomic E-state index is 11.5. The summed E-state index contributed by atoms with van der Waals surface area (Å²) in [5.41, 5.74) is 0.953. The van der Waals surface area contributed by atoms with Crippen molar-refractivity contribution in [2.24, 2.45) is 5.14 Å². The van der Waals surface area contributed by atoms with E-state index in [-0.39, 0.29) is 17.3 Å². The Morgan fingerprint density at radius 2 is 2.06 bits per heavy atom. The quantitative estimate of drug-likeness (QED) is 0.711. The van der Waals surface area contributed by atoms with Crippen LogP contribution in [0.4, 0.5) is 5.69 Å². The van der Waals surface area contributed by atoms with Crippen LogP contribution in [0.3, 0.4) is 0 Å². The van der Waals surface area contributed by atoms with Gasteiger partial charge in [-0.3, -0.25) is 4.79 Å². The number of likely N-dealkylation sites (N-methyl/N-ethyl adjacent to an activating group) is 1. The number of anilines is 1. The Hall–Kier alpha value is -1.44. The fraction of sp³-hybridized carbons (Fsp3) is 0.364. The normalized spacial score (nSPS) is 11.3. The van der Waals surface area contributed by atoms with Crippen molar-refractivity contribution in [3.05, 3.63) is 23.8 Å². The van der Waals surface area contributed by atoms with Gasteiger partial charge in [0.25, 0.3) is 0 Å². The first-order chi connectivity index (χ1) is 8.34. The molecule has 4 N–H and O–H groups in total. The second kappa shape index (κ2) is 5.94. The van der Waals surface area contributed by atoms with Crippen LogP contribution in [0.1, 0.15) is 12.5 Å². The maximum atomic E-state index is 11.5. The summed E-state index contributed by atoms with van der Waals surface area (Å²) in [7, 11) is -3.78. The van der Waals surface area contributed by atoms with Crippen molar-refractivity contribution in [1.29, 1.82) is 0 Å². The maximum Gasteiger partial charge on any atom is 0.238 e. The van der Waals surface area contributed by atoms with E-state index in [1.54, 1.807) is 19.1 Å². The molecule has 0 bridgehead atoms. The van der Waals surface area contributed by atoms with E-state index in [0.29, 0.717) is 17.8 Å². The highest BCUT2D eigenvalue weighted by Crippen LogP contribution is 2.18. The molecule has 0 radical (unpaired) electrons. The first kappa shape index (κ1) is 14.6. The predicted octanol–water partition coefficient (Wildman–Crippen LogP) is 0.190. The van der Waals surface area contributed by atoms with Gasteiger partial charge >= 0.3 is 0 Å². The van der Waals surface area contributed by atoms with Gasteiger partial charge in [-0.25, -0.2) is 13.6 Å². The number of rotatable bonds is 5. The van der Waals surface area contributed by atoms with Crippen molar-refractivity contribution >= 4 is 21.6 Å². The van der Waals surface area contributed by atoms with Gasteiger partial charge in [0.05, 0.1) is 11.4 Å². The Balaban J connectivity index is 2.90. The Labute approximate surface area is 107 Å². The number of nitrogens with one attached hydrogen (secondary N) is 2. The highest BCUT2D eigenvalue weighted by atomic mass is 32.2. The zero-order chi connectivity index (χ0) is 13.8. The van der Waals surface area contributed by atoms with Gasteiger partial charge in [-0.2, -0.15) is 0 Å². The standard InChI is InChI=1S/C11H17N3O3S/c1-3-13-7-11(15)14-9-5-4-8(2)10(6-9)18(12,16)17/h4-6,13H,3,7H2,1-2H3,(H,14,15)(H2,12,16,17). The van der Waals surface area contributed by atoms with Gasteiger partial charge < -0.3 is 10.6 Å². The van der Waals surface area contributed by atoms with Crippen molar-refractivity contribution in [3.8, 4) is 0 Å². The van der Waals surface area contributed by atoms with Crippen LogP contribution in [0.25, 0.3) is 0 Å². The molecule has 0 aromatic heterocycles. The molecule has 0 aliphatic carbocycles. The van der Waals surface area contributed by atoms with Crippen LogP contribution in [0.2, 0.25) is 0 Å². The van der Waals surface area contributed by atoms with E-state index in [4.69, 9.17) is 5.14 Å². The number of primary sulfonamides is 1. The lowest BCUT2D eigenvalue weighted by Gasteiger charge is -2.09. The molecule has 0 fully saturated rings. The lowest BCUT2D eigenvalue weighted by atomic mass is 10.2. The minimum Gasteiger partial charge on any atom is -0.325 e. The van der Waals surface area contributed by atoms with E-state index in [1.807, 2.05) is 6.92 Å². The largest absolute Gasteiger partial charge is 0.325 e. The van der Waals surface area contributed by atoms with Crippen molar-refractivity contribution in [1.82, 2.24) is 5.32 Å². The van der Waals surface area contributed by atoms with E-state index in [1.165, 1.54) is 6.07 Å². The average Bonchev–Trinajstić information content (AvgIpc) is 2.27. The van der Waals surface area contributed by atoms with Crippen LogP contribution in [0, 0.1) is 6.92 Å². The Morgan fingerprint density at radius 1 is 1.39 bits per heavy atom. The number of carbonyl (C=O) groups is 1. The molecule has 0 aliphatic rings. The fourth-order valence-corrected chi connectivity index (χ4v) is 2.24. The average molecular weight is 271 g/mol. The predicted molar refractivity (Wildman–Crippen MR) is 69.7 cm³/mol. The molecule has 1 aromatic rings. The second-order valence-corrected chi connectivity index (χ2v) is 5.38. The summed E-state index contributed by atoms with van der Waals surface area (Å²) >= 11 is 0. The third kappa shape index (κ3) is 4.10. The van der Waals surface area contributed by atoms with E-state index in [0.717, 1.165) is 0 Å². The Kier molecular flexibility index (Phi) is 4.83. The van der Waals surface area contributed by atoms with Gasteiger partial charge in [0.15, 0.2) is 0 Å². The molecule has 7 heteroatoms. The SMILES string of the molecule is CCNCC(=O)Nc1ccc(C)c(S(N)(=O)=O)c1. The number of hydrogen-bond donors (Lipinski definition) is 3. The third-order valence-electron chi connectivity index (χ3n) is 2.31. The molecule has 0 unspecified atom stereocenters. The highest BCUT2D eigenvalue weighted by Gasteiger charge is 2.12. The van der Waals surface area contributed by atoms with E-state index >= 15 is 0 Å². The fourth-order valence-electron chi connectivity index (χ4n) is 1.43. The number of benzene rings is 1. The number of amides is 1. The lowest BCUT2D eigenvalue weighted by Crippen LogP contribution is -2.27. The van der Waals surface area contributed by atoms with E-state index in [2.05, 4.69) is 10.6 Å². The lowest BCUT2D eigenvalue weighted by molar-refractivity contribution is -0.115. The van der Waals surface area contributed by atoms with Gasteiger partial charge in [-0.1, -0.05) is 13.0 Å². The van der Waals surface area contributed by atoms with Gasteiger partial charge in [0, 0.05) is 5.69 Å². The van der Waals surface area contributed by atoms with Gasteiger partial charge in [0.2, 0.25) is 15.9 Å². The van der Waals surface area contributed by atoms with Crippen molar-refractivity contribution in [3.63, 3.8) is 0 Å². The summed E-state index contributed by atoms with van der Waals surface area (Å²) in [6.07, 6.45) is 0. The third-order valence-corrected chi connectivity index (χ3v) is 3.37. The van der Waals surface area contributed by atoms with E-state index in [9.17, 15) is 13.2 Å². The van der Waals surface area contributed by atoms with Crippen molar-refractivity contribution in [2.45, 2.75) is 18.7 Å². The number of carbonyl (C=O) groups excluding carboxylic acids is 1. The molecule has 100 valence electrons. The molecule has 1 rings (SSSR count). The van der Waals surface area contributed by atoms with Crippen LogP contribution < -0.4 is 15.8 Å². The highest BCUT2D eigenvalue weighted by molar-refractivity contribution is 7.89. The Morgan fingerprint density at radius 3 is 2.61 bits per heavy atom. The summed E-state index contributed by atoms with van der Waals surface area (Å²) in [5.74, 6) is -0.235. The number of aryl methyl sites for hydroxylation is 1. The van der Waals surface area contributed by atoms with Crippen LogP contribution >= 0.6 is 0 Å². The molecule has 0 atom stereocenters. The smallest absolute Gasteiger partial charge is 0.238 e. The molecule has 0 saturated heterocycles. The molecule has 0 saturated carbocycles. The van der Waals surface area contributed by atoms with Gasteiger partial charge in [-0.15, -0.1) is 0 Å². The monoisotopic (exact) mass is 271 g/mol. The summed E-state index contributed by atoms with van der Waals surface area (Å²) in [6.45, 7) is 4.39. The van der Waals surface area contributed by atoms with Crippen LogP contribution in [0.5, 0.6) is 0 Å². The molecule has 6 nitrogen and oxygen atoms in total. The second-order valence-electron chi connectivity index (χ2n) is 3.85. The summed E-state index contributed by atoms with van der Waals surface area (Å²) < 4.78 is 22.6. The van der Waals surface area contributed by atoms with Crippen LogP contribution in [-0.2, 0) is 14.8 Å². The summed E-state index contributed by atoms with van der Waals surface area (Å²) in [5, 5.41) is 10.5. The Bertz CT molecular complexity index is 540. The van der Waals surface area contributed by atoms with Crippen LogP contribution in [-0.4, -0.2) is 27.4 Å². The molecule has 1 aromatic carbocycles. The zero-order valence-corrected chi connectivity index (χ0v) is 11.2. The van der Waals surface area contributed by atoms with Crippen molar-refractivity contribution < 1.29 is 13.2 Å². The number of hydrogen-bond acceptors (Lipinski definition) is 4. The minimum absolute atomic E-state index is 0.0174. The number of sulfonamides is 1.